The molecule has 0 aliphatic carbocycles. The van der Waals surface area contributed by atoms with E-state index in [1.165, 1.54) is 5.56 Å². The van der Waals surface area contributed by atoms with Gasteiger partial charge in [-0.15, -0.1) is 12.4 Å². The Kier molecular flexibility index (Phi) is 7.00. The van der Waals surface area contributed by atoms with Crippen molar-refractivity contribution in [2.45, 2.75) is 40.3 Å². The number of aryl methyl sites for hydroxylation is 1. The number of benzene rings is 2. The van der Waals surface area contributed by atoms with Crippen molar-refractivity contribution in [2.75, 3.05) is 0 Å². The standard InChI is InChI=1S/C20H26N2O.ClH/c1-14-6-5-7-17(12-14)18(20(2,3)4)22-19(23)16-10-8-15(13-21)9-11-16;/h5-12,18H,13,21H2,1-4H3,(H,22,23);1H. The van der Waals surface area contributed by atoms with Gasteiger partial charge in [-0.1, -0.05) is 62.7 Å². The number of hydrogen-bond donors (Lipinski definition) is 2. The van der Waals surface area contributed by atoms with Crippen molar-refractivity contribution in [3.05, 3.63) is 70.8 Å². The molecule has 1 unspecified atom stereocenters. The number of halogens is 1. The molecule has 0 bridgehead atoms. The molecule has 1 amide bonds. The lowest BCUT2D eigenvalue weighted by Crippen LogP contribution is -2.36. The van der Waals surface area contributed by atoms with Gasteiger partial charge in [-0.2, -0.15) is 0 Å². The zero-order chi connectivity index (χ0) is 17.0. The number of hydrogen-bond acceptors (Lipinski definition) is 2. The minimum Gasteiger partial charge on any atom is -0.345 e. The molecule has 0 heterocycles. The predicted octanol–water partition coefficient (Wildman–Crippen LogP) is 4.39. The fraction of sp³-hybridized carbons (Fsp3) is 0.350. The first-order valence-corrected chi connectivity index (χ1v) is 7.97. The van der Waals surface area contributed by atoms with Crippen LogP contribution in [0.1, 0.15) is 53.9 Å². The van der Waals surface area contributed by atoms with Crippen LogP contribution >= 0.6 is 12.4 Å². The molecule has 2 rings (SSSR count). The summed E-state index contributed by atoms with van der Waals surface area (Å²) in [7, 11) is 0. The third-order valence-electron chi connectivity index (χ3n) is 3.97. The van der Waals surface area contributed by atoms with Gasteiger partial charge in [-0.3, -0.25) is 4.79 Å². The first kappa shape index (κ1) is 20.2. The van der Waals surface area contributed by atoms with Crippen molar-refractivity contribution in [1.29, 1.82) is 0 Å². The van der Waals surface area contributed by atoms with Crippen LogP contribution in [-0.2, 0) is 6.54 Å². The molecular formula is C20H27ClN2O. The molecule has 3 nitrogen and oxygen atoms in total. The van der Waals surface area contributed by atoms with Gasteiger partial charge in [-0.05, 0) is 35.6 Å². The van der Waals surface area contributed by atoms with E-state index in [1.807, 2.05) is 30.3 Å². The molecule has 1 atom stereocenters. The van der Waals surface area contributed by atoms with Crippen LogP contribution in [0.5, 0.6) is 0 Å². The van der Waals surface area contributed by atoms with E-state index in [9.17, 15) is 4.79 Å². The van der Waals surface area contributed by atoms with Gasteiger partial charge >= 0.3 is 0 Å². The van der Waals surface area contributed by atoms with Crippen molar-refractivity contribution < 1.29 is 4.79 Å². The molecule has 0 saturated carbocycles. The minimum absolute atomic E-state index is 0. The quantitative estimate of drug-likeness (QED) is 0.862. The Hall–Kier alpha value is -1.84. The summed E-state index contributed by atoms with van der Waals surface area (Å²) in [5.41, 5.74) is 9.52. The van der Waals surface area contributed by atoms with Crippen molar-refractivity contribution in [3.8, 4) is 0 Å². The van der Waals surface area contributed by atoms with E-state index in [2.05, 4.69) is 51.2 Å². The average molecular weight is 347 g/mol. The monoisotopic (exact) mass is 346 g/mol. The summed E-state index contributed by atoms with van der Waals surface area (Å²) in [4.78, 5) is 12.6. The summed E-state index contributed by atoms with van der Waals surface area (Å²) in [6.45, 7) is 8.96. The van der Waals surface area contributed by atoms with E-state index in [0.29, 0.717) is 12.1 Å². The Morgan fingerprint density at radius 3 is 2.25 bits per heavy atom. The summed E-state index contributed by atoms with van der Waals surface area (Å²) < 4.78 is 0. The fourth-order valence-electron chi connectivity index (χ4n) is 2.66. The Balaban J connectivity index is 0.00000288. The number of carbonyl (C=O) groups excluding carboxylic acids is 1. The smallest absolute Gasteiger partial charge is 0.251 e. The number of carbonyl (C=O) groups is 1. The van der Waals surface area contributed by atoms with E-state index in [0.717, 1.165) is 11.1 Å². The third-order valence-corrected chi connectivity index (χ3v) is 3.97. The Morgan fingerprint density at radius 1 is 1.12 bits per heavy atom. The molecule has 0 saturated heterocycles. The molecule has 0 aromatic heterocycles. The summed E-state index contributed by atoms with van der Waals surface area (Å²) in [6, 6.07) is 15.7. The predicted molar refractivity (Wildman–Crippen MR) is 102 cm³/mol. The Morgan fingerprint density at radius 2 is 1.75 bits per heavy atom. The van der Waals surface area contributed by atoms with Crippen LogP contribution in [0.15, 0.2) is 48.5 Å². The number of nitrogens with two attached hydrogens (primary N) is 1. The second-order valence-electron chi connectivity index (χ2n) is 7.09. The lowest BCUT2D eigenvalue weighted by atomic mass is 9.82. The maximum absolute atomic E-state index is 12.6. The topological polar surface area (TPSA) is 55.1 Å². The van der Waals surface area contributed by atoms with E-state index >= 15 is 0 Å². The highest BCUT2D eigenvalue weighted by Gasteiger charge is 2.28. The van der Waals surface area contributed by atoms with E-state index < -0.39 is 0 Å². The minimum atomic E-state index is -0.0827. The van der Waals surface area contributed by atoms with Crippen LogP contribution in [0.3, 0.4) is 0 Å². The zero-order valence-electron chi connectivity index (χ0n) is 14.8. The lowest BCUT2D eigenvalue weighted by molar-refractivity contribution is 0.0901. The molecule has 0 radical (unpaired) electrons. The van der Waals surface area contributed by atoms with Crippen molar-refractivity contribution >= 4 is 18.3 Å². The van der Waals surface area contributed by atoms with E-state index in [-0.39, 0.29) is 29.8 Å². The molecule has 2 aromatic rings. The summed E-state index contributed by atoms with van der Waals surface area (Å²) >= 11 is 0. The largest absolute Gasteiger partial charge is 0.345 e. The molecule has 0 fully saturated rings. The Labute approximate surface area is 151 Å². The maximum Gasteiger partial charge on any atom is 0.251 e. The van der Waals surface area contributed by atoms with Crippen molar-refractivity contribution in [1.82, 2.24) is 5.32 Å². The van der Waals surface area contributed by atoms with Crippen LogP contribution in [0.2, 0.25) is 0 Å². The number of amides is 1. The van der Waals surface area contributed by atoms with Crippen LogP contribution in [0.25, 0.3) is 0 Å². The number of rotatable bonds is 4. The molecule has 0 aliphatic heterocycles. The highest BCUT2D eigenvalue weighted by molar-refractivity contribution is 5.94. The maximum atomic E-state index is 12.6. The van der Waals surface area contributed by atoms with Crippen LogP contribution in [0.4, 0.5) is 0 Å². The van der Waals surface area contributed by atoms with Gasteiger partial charge in [0, 0.05) is 12.1 Å². The van der Waals surface area contributed by atoms with E-state index in [1.54, 1.807) is 0 Å². The SMILES string of the molecule is Cc1cccc(C(NC(=O)c2ccc(CN)cc2)C(C)(C)C)c1.Cl. The second-order valence-corrected chi connectivity index (χ2v) is 7.09. The highest BCUT2D eigenvalue weighted by Crippen LogP contribution is 2.33. The molecule has 3 N–H and O–H groups in total. The molecule has 130 valence electrons. The summed E-state index contributed by atoms with van der Waals surface area (Å²) in [6.07, 6.45) is 0. The molecule has 2 aromatic carbocycles. The van der Waals surface area contributed by atoms with Gasteiger partial charge < -0.3 is 11.1 Å². The summed E-state index contributed by atoms with van der Waals surface area (Å²) in [5.74, 6) is -0.0602. The van der Waals surface area contributed by atoms with Crippen LogP contribution in [0, 0.1) is 12.3 Å². The zero-order valence-corrected chi connectivity index (χ0v) is 15.6. The first-order valence-electron chi connectivity index (χ1n) is 7.97. The molecular weight excluding hydrogens is 320 g/mol. The van der Waals surface area contributed by atoms with Gasteiger partial charge in [0.2, 0.25) is 0 Å². The summed E-state index contributed by atoms with van der Waals surface area (Å²) in [5, 5.41) is 3.18. The lowest BCUT2D eigenvalue weighted by Gasteiger charge is -2.32. The van der Waals surface area contributed by atoms with Crippen molar-refractivity contribution in [2.24, 2.45) is 11.1 Å². The normalized spacial score (nSPS) is 12.2. The molecule has 4 heteroatoms. The second kappa shape index (κ2) is 8.32. The highest BCUT2D eigenvalue weighted by atomic mass is 35.5. The molecule has 24 heavy (non-hydrogen) atoms. The van der Waals surface area contributed by atoms with Crippen LogP contribution in [-0.4, -0.2) is 5.91 Å². The van der Waals surface area contributed by atoms with Gasteiger partial charge in [-0.25, -0.2) is 0 Å². The van der Waals surface area contributed by atoms with Crippen LogP contribution < -0.4 is 11.1 Å². The van der Waals surface area contributed by atoms with E-state index in [4.69, 9.17) is 5.73 Å². The van der Waals surface area contributed by atoms with Gasteiger partial charge in [0.25, 0.3) is 5.91 Å². The van der Waals surface area contributed by atoms with Gasteiger partial charge in [0.1, 0.15) is 0 Å². The first-order chi connectivity index (χ1) is 10.8. The number of nitrogens with one attached hydrogen (secondary N) is 1. The van der Waals surface area contributed by atoms with Gasteiger partial charge in [0.05, 0.1) is 6.04 Å². The van der Waals surface area contributed by atoms with Crippen molar-refractivity contribution in [3.63, 3.8) is 0 Å². The molecule has 0 spiro atoms. The third kappa shape index (κ3) is 5.08. The fourth-order valence-corrected chi connectivity index (χ4v) is 2.66. The average Bonchev–Trinajstić information content (AvgIpc) is 2.51. The molecule has 0 aliphatic rings. The Bertz CT molecular complexity index is 675. The van der Waals surface area contributed by atoms with Gasteiger partial charge in [0.15, 0.2) is 0 Å².